The van der Waals surface area contributed by atoms with Crippen molar-refractivity contribution in [2.24, 2.45) is 0 Å². The van der Waals surface area contributed by atoms with Crippen molar-refractivity contribution >= 4 is 29.1 Å². The van der Waals surface area contributed by atoms with Crippen LogP contribution in [0, 0.1) is 0 Å². The summed E-state index contributed by atoms with van der Waals surface area (Å²) in [6.45, 7) is 4.99. The maximum absolute atomic E-state index is 12.3. The van der Waals surface area contributed by atoms with Crippen molar-refractivity contribution in [3.8, 4) is 0 Å². The lowest BCUT2D eigenvalue weighted by Crippen LogP contribution is -2.31. The third-order valence-corrected chi connectivity index (χ3v) is 3.61. The van der Waals surface area contributed by atoms with E-state index in [1.54, 1.807) is 35.2 Å². The normalized spacial score (nSPS) is 10.2. The molecule has 2 rings (SSSR count). The van der Waals surface area contributed by atoms with Crippen LogP contribution in [0.3, 0.4) is 0 Å². The average Bonchev–Trinajstić information content (AvgIpc) is 2.56. The Morgan fingerprint density at radius 3 is 2.57 bits per heavy atom. The molecule has 5 nitrogen and oxygen atoms in total. The van der Waals surface area contributed by atoms with Crippen LogP contribution in [0.15, 0.2) is 42.6 Å². The Balaban J connectivity index is 2.19. The van der Waals surface area contributed by atoms with Crippen molar-refractivity contribution in [3.63, 3.8) is 0 Å². The predicted octanol–water partition coefficient (Wildman–Crippen LogP) is 3.47. The van der Waals surface area contributed by atoms with Crippen molar-refractivity contribution < 1.29 is 9.59 Å². The number of benzene rings is 1. The van der Waals surface area contributed by atoms with E-state index in [0.29, 0.717) is 29.4 Å². The molecule has 6 heteroatoms. The van der Waals surface area contributed by atoms with Crippen LogP contribution in [0.2, 0.25) is 5.02 Å². The van der Waals surface area contributed by atoms with Gasteiger partial charge in [0.25, 0.3) is 11.8 Å². The molecule has 0 bridgehead atoms. The molecule has 0 aliphatic heterocycles. The number of hydrogen-bond acceptors (Lipinski definition) is 3. The van der Waals surface area contributed by atoms with E-state index in [1.807, 2.05) is 13.8 Å². The number of aromatic nitrogens is 1. The van der Waals surface area contributed by atoms with Crippen molar-refractivity contribution in [1.82, 2.24) is 9.88 Å². The third kappa shape index (κ3) is 4.29. The Hall–Kier alpha value is -2.40. The molecule has 0 aliphatic carbocycles. The van der Waals surface area contributed by atoms with Crippen molar-refractivity contribution in [2.45, 2.75) is 13.8 Å². The van der Waals surface area contributed by atoms with Crippen molar-refractivity contribution in [3.05, 3.63) is 58.9 Å². The SMILES string of the molecule is CCN(CC)C(=O)c1cc(C(=O)Nc2cccc(Cl)c2)ccn1. The average molecular weight is 332 g/mol. The van der Waals surface area contributed by atoms with Gasteiger partial charge < -0.3 is 10.2 Å². The molecule has 1 N–H and O–H groups in total. The molecule has 23 heavy (non-hydrogen) atoms. The van der Waals surface area contributed by atoms with Gasteiger partial charge in [0.15, 0.2) is 0 Å². The number of nitrogens with zero attached hydrogens (tertiary/aromatic N) is 2. The summed E-state index contributed by atoms with van der Waals surface area (Å²) in [4.78, 5) is 30.3. The first-order valence-electron chi connectivity index (χ1n) is 7.37. The molecule has 120 valence electrons. The summed E-state index contributed by atoms with van der Waals surface area (Å²) in [7, 11) is 0. The molecule has 1 heterocycles. The zero-order valence-corrected chi connectivity index (χ0v) is 13.8. The number of carbonyl (C=O) groups excluding carboxylic acids is 2. The molecule has 0 unspecified atom stereocenters. The molecule has 0 radical (unpaired) electrons. The fourth-order valence-corrected chi connectivity index (χ4v) is 2.32. The molecule has 2 amide bonds. The molecular weight excluding hydrogens is 314 g/mol. The van der Waals surface area contributed by atoms with Crippen LogP contribution in [0.1, 0.15) is 34.7 Å². The van der Waals surface area contributed by atoms with E-state index in [2.05, 4.69) is 10.3 Å². The summed E-state index contributed by atoms with van der Waals surface area (Å²) >= 11 is 5.90. The zero-order valence-electron chi connectivity index (χ0n) is 13.0. The van der Waals surface area contributed by atoms with Gasteiger partial charge >= 0.3 is 0 Å². The van der Waals surface area contributed by atoms with Gasteiger partial charge in [0, 0.05) is 35.6 Å². The van der Waals surface area contributed by atoms with Crippen LogP contribution in [0.5, 0.6) is 0 Å². The number of halogens is 1. The molecule has 0 fully saturated rings. The molecule has 2 aromatic rings. The minimum Gasteiger partial charge on any atom is -0.338 e. The van der Waals surface area contributed by atoms with Crippen LogP contribution >= 0.6 is 11.6 Å². The van der Waals surface area contributed by atoms with Gasteiger partial charge in [-0.3, -0.25) is 14.6 Å². The Morgan fingerprint density at radius 2 is 1.91 bits per heavy atom. The quantitative estimate of drug-likeness (QED) is 0.912. The van der Waals surface area contributed by atoms with Crippen LogP contribution < -0.4 is 5.32 Å². The fraction of sp³-hybridized carbons (Fsp3) is 0.235. The first-order chi connectivity index (χ1) is 11.0. The highest BCUT2D eigenvalue weighted by molar-refractivity contribution is 6.31. The highest BCUT2D eigenvalue weighted by Gasteiger charge is 2.16. The highest BCUT2D eigenvalue weighted by atomic mass is 35.5. The molecule has 0 saturated heterocycles. The molecule has 0 saturated carbocycles. The summed E-state index contributed by atoms with van der Waals surface area (Å²) in [6, 6.07) is 9.94. The molecule has 0 aliphatic rings. The maximum Gasteiger partial charge on any atom is 0.272 e. The van der Waals surface area contributed by atoms with Crippen molar-refractivity contribution in [1.29, 1.82) is 0 Å². The fourth-order valence-electron chi connectivity index (χ4n) is 2.13. The third-order valence-electron chi connectivity index (χ3n) is 3.37. The van der Waals surface area contributed by atoms with Gasteiger partial charge in [-0.15, -0.1) is 0 Å². The van der Waals surface area contributed by atoms with Gasteiger partial charge in [0.1, 0.15) is 5.69 Å². The number of rotatable bonds is 5. The first-order valence-corrected chi connectivity index (χ1v) is 7.75. The molecule has 1 aromatic carbocycles. The summed E-state index contributed by atoms with van der Waals surface area (Å²) in [5.41, 5.74) is 1.22. The van der Waals surface area contributed by atoms with E-state index < -0.39 is 0 Å². The van der Waals surface area contributed by atoms with E-state index in [4.69, 9.17) is 11.6 Å². The lowest BCUT2D eigenvalue weighted by Gasteiger charge is -2.18. The smallest absolute Gasteiger partial charge is 0.272 e. The van der Waals surface area contributed by atoms with E-state index in [0.717, 1.165) is 0 Å². The van der Waals surface area contributed by atoms with E-state index >= 15 is 0 Å². The number of carbonyl (C=O) groups is 2. The molecule has 0 atom stereocenters. The predicted molar refractivity (Wildman–Crippen MR) is 90.9 cm³/mol. The summed E-state index contributed by atoms with van der Waals surface area (Å²) in [5, 5.41) is 3.28. The second-order valence-electron chi connectivity index (χ2n) is 4.87. The second kappa shape index (κ2) is 7.74. The Kier molecular flexibility index (Phi) is 5.71. The minimum absolute atomic E-state index is 0.188. The summed E-state index contributed by atoms with van der Waals surface area (Å²) < 4.78 is 0. The lowest BCUT2D eigenvalue weighted by atomic mass is 10.2. The topological polar surface area (TPSA) is 62.3 Å². The van der Waals surface area contributed by atoms with E-state index in [1.165, 1.54) is 12.3 Å². The van der Waals surface area contributed by atoms with Crippen LogP contribution in [-0.2, 0) is 0 Å². The van der Waals surface area contributed by atoms with Gasteiger partial charge in [-0.2, -0.15) is 0 Å². The summed E-state index contributed by atoms with van der Waals surface area (Å²) in [6.07, 6.45) is 1.46. The molecule has 0 spiro atoms. The van der Waals surface area contributed by atoms with E-state index in [-0.39, 0.29) is 17.5 Å². The van der Waals surface area contributed by atoms with Gasteiger partial charge in [-0.1, -0.05) is 17.7 Å². The Bertz CT molecular complexity index is 714. The number of nitrogens with one attached hydrogen (secondary N) is 1. The monoisotopic (exact) mass is 331 g/mol. The second-order valence-corrected chi connectivity index (χ2v) is 5.31. The van der Waals surface area contributed by atoms with Gasteiger partial charge in [0.05, 0.1) is 0 Å². The summed E-state index contributed by atoms with van der Waals surface area (Å²) in [5.74, 6) is -0.504. The maximum atomic E-state index is 12.3. The zero-order chi connectivity index (χ0) is 16.8. The molecule has 1 aromatic heterocycles. The van der Waals surface area contributed by atoms with Crippen LogP contribution in [0.25, 0.3) is 0 Å². The van der Waals surface area contributed by atoms with Crippen LogP contribution in [-0.4, -0.2) is 34.8 Å². The van der Waals surface area contributed by atoms with Crippen LogP contribution in [0.4, 0.5) is 5.69 Å². The largest absolute Gasteiger partial charge is 0.338 e. The molecular formula is C17H18ClN3O2. The Labute approximate surface area is 140 Å². The number of amides is 2. The number of hydrogen-bond donors (Lipinski definition) is 1. The number of anilines is 1. The standard InChI is InChI=1S/C17H18ClN3O2/c1-3-21(4-2)17(23)15-10-12(8-9-19-15)16(22)20-14-7-5-6-13(18)11-14/h5-11H,3-4H2,1-2H3,(H,20,22). The van der Waals surface area contributed by atoms with E-state index in [9.17, 15) is 9.59 Å². The minimum atomic E-state index is -0.316. The van der Waals surface area contributed by atoms with Gasteiger partial charge in [0.2, 0.25) is 0 Å². The van der Waals surface area contributed by atoms with Gasteiger partial charge in [-0.25, -0.2) is 0 Å². The Morgan fingerprint density at radius 1 is 1.17 bits per heavy atom. The van der Waals surface area contributed by atoms with Crippen molar-refractivity contribution in [2.75, 3.05) is 18.4 Å². The van der Waals surface area contributed by atoms with Gasteiger partial charge in [-0.05, 0) is 44.2 Å². The first kappa shape index (κ1) is 17.0. The lowest BCUT2D eigenvalue weighted by molar-refractivity contribution is 0.0767. The number of pyridine rings is 1. The highest BCUT2D eigenvalue weighted by Crippen LogP contribution is 2.16.